The molecule has 0 aliphatic heterocycles. The summed E-state index contributed by atoms with van der Waals surface area (Å²) in [5.41, 5.74) is 2.86. The number of aliphatic hydroxyl groups is 1. The standard InChI is InChI=1S/C12H17NO/c1-9(14)8-13-12-7-6-10-4-2-3-5-11(10)12/h2-5,9,12-14H,6-8H2,1H3. The summed E-state index contributed by atoms with van der Waals surface area (Å²) >= 11 is 0. The van der Waals surface area contributed by atoms with Gasteiger partial charge in [-0.2, -0.15) is 0 Å². The normalized spacial score (nSPS) is 22.0. The van der Waals surface area contributed by atoms with E-state index in [1.54, 1.807) is 0 Å². The first kappa shape index (κ1) is 9.69. The second-order valence-electron chi connectivity index (χ2n) is 4.05. The van der Waals surface area contributed by atoms with Crippen molar-refractivity contribution < 1.29 is 5.11 Å². The van der Waals surface area contributed by atoms with Crippen LogP contribution in [0.5, 0.6) is 0 Å². The lowest BCUT2D eigenvalue weighted by molar-refractivity contribution is 0.186. The van der Waals surface area contributed by atoms with Gasteiger partial charge in [-0.1, -0.05) is 24.3 Å². The van der Waals surface area contributed by atoms with E-state index in [1.807, 2.05) is 6.92 Å². The number of aryl methyl sites for hydroxylation is 1. The van der Waals surface area contributed by atoms with Gasteiger partial charge in [0.1, 0.15) is 0 Å². The Morgan fingerprint density at radius 1 is 1.50 bits per heavy atom. The summed E-state index contributed by atoms with van der Waals surface area (Å²) in [7, 11) is 0. The van der Waals surface area contributed by atoms with Gasteiger partial charge in [0.05, 0.1) is 6.10 Å². The van der Waals surface area contributed by atoms with E-state index in [2.05, 4.69) is 29.6 Å². The second-order valence-corrected chi connectivity index (χ2v) is 4.05. The number of fused-ring (bicyclic) bond motifs is 1. The van der Waals surface area contributed by atoms with E-state index in [9.17, 15) is 5.11 Å². The van der Waals surface area contributed by atoms with E-state index in [1.165, 1.54) is 11.1 Å². The third-order valence-corrected chi connectivity index (χ3v) is 2.79. The third kappa shape index (κ3) is 1.97. The Hall–Kier alpha value is -0.860. The number of hydrogen-bond acceptors (Lipinski definition) is 2. The van der Waals surface area contributed by atoms with Gasteiger partial charge in [-0.3, -0.25) is 0 Å². The van der Waals surface area contributed by atoms with Gasteiger partial charge >= 0.3 is 0 Å². The summed E-state index contributed by atoms with van der Waals surface area (Å²) in [5, 5.41) is 12.6. The lowest BCUT2D eigenvalue weighted by Gasteiger charge is -2.15. The highest BCUT2D eigenvalue weighted by Crippen LogP contribution is 2.30. The first-order valence-electron chi connectivity index (χ1n) is 5.26. The van der Waals surface area contributed by atoms with Crippen LogP contribution in [0.25, 0.3) is 0 Å². The topological polar surface area (TPSA) is 32.3 Å². The first-order chi connectivity index (χ1) is 6.77. The zero-order chi connectivity index (χ0) is 9.97. The molecule has 2 atom stereocenters. The molecular weight excluding hydrogens is 174 g/mol. The Balaban J connectivity index is 2.03. The zero-order valence-electron chi connectivity index (χ0n) is 8.53. The van der Waals surface area contributed by atoms with Gasteiger partial charge in [0, 0.05) is 12.6 Å². The lowest BCUT2D eigenvalue weighted by atomic mass is 10.1. The van der Waals surface area contributed by atoms with Crippen molar-refractivity contribution in [3.8, 4) is 0 Å². The van der Waals surface area contributed by atoms with Crippen molar-refractivity contribution in [3.63, 3.8) is 0 Å². The van der Waals surface area contributed by atoms with E-state index in [0.29, 0.717) is 12.6 Å². The van der Waals surface area contributed by atoms with E-state index >= 15 is 0 Å². The van der Waals surface area contributed by atoms with E-state index in [-0.39, 0.29) is 6.10 Å². The monoisotopic (exact) mass is 191 g/mol. The first-order valence-corrected chi connectivity index (χ1v) is 5.26. The summed E-state index contributed by atoms with van der Waals surface area (Å²) in [5.74, 6) is 0. The zero-order valence-corrected chi connectivity index (χ0v) is 8.53. The van der Waals surface area contributed by atoms with Crippen molar-refractivity contribution in [1.82, 2.24) is 5.32 Å². The fourth-order valence-electron chi connectivity index (χ4n) is 2.08. The van der Waals surface area contributed by atoms with Crippen LogP contribution in [0.15, 0.2) is 24.3 Å². The summed E-state index contributed by atoms with van der Waals surface area (Å²) in [6.07, 6.45) is 2.06. The SMILES string of the molecule is CC(O)CNC1CCc2ccccc21. The highest BCUT2D eigenvalue weighted by atomic mass is 16.3. The molecule has 0 saturated carbocycles. The number of benzene rings is 1. The molecule has 0 radical (unpaired) electrons. The van der Waals surface area contributed by atoms with Gasteiger partial charge in [0.15, 0.2) is 0 Å². The molecule has 1 aromatic rings. The molecule has 1 aliphatic rings. The molecule has 76 valence electrons. The highest BCUT2D eigenvalue weighted by Gasteiger charge is 2.21. The Labute approximate surface area is 85.0 Å². The van der Waals surface area contributed by atoms with Crippen LogP contribution >= 0.6 is 0 Å². The summed E-state index contributed by atoms with van der Waals surface area (Å²) in [6.45, 7) is 2.49. The third-order valence-electron chi connectivity index (χ3n) is 2.79. The maximum atomic E-state index is 9.20. The Morgan fingerprint density at radius 2 is 2.29 bits per heavy atom. The Bertz CT molecular complexity index is 309. The second kappa shape index (κ2) is 4.11. The molecule has 0 fully saturated rings. The fourth-order valence-corrected chi connectivity index (χ4v) is 2.08. The van der Waals surface area contributed by atoms with E-state index in [4.69, 9.17) is 0 Å². The molecule has 2 unspecified atom stereocenters. The molecule has 0 saturated heterocycles. The summed E-state index contributed by atoms with van der Waals surface area (Å²) < 4.78 is 0. The quantitative estimate of drug-likeness (QED) is 0.761. The van der Waals surface area contributed by atoms with Crippen molar-refractivity contribution in [2.45, 2.75) is 31.9 Å². The summed E-state index contributed by atoms with van der Waals surface area (Å²) in [6, 6.07) is 9.00. The van der Waals surface area contributed by atoms with Crippen molar-refractivity contribution in [3.05, 3.63) is 35.4 Å². The van der Waals surface area contributed by atoms with Gasteiger partial charge in [-0.05, 0) is 30.9 Å². The van der Waals surface area contributed by atoms with Crippen LogP contribution in [0, 0.1) is 0 Å². The largest absolute Gasteiger partial charge is 0.392 e. The molecule has 1 aromatic carbocycles. The van der Waals surface area contributed by atoms with E-state index in [0.717, 1.165) is 12.8 Å². The fraction of sp³-hybridized carbons (Fsp3) is 0.500. The van der Waals surface area contributed by atoms with Crippen LogP contribution in [0.1, 0.15) is 30.5 Å². The van der Waals surface area contributed by atoms with Gasteiger partial charge in [-0.15, -0.1) is 0 Å². The highest BCUT2D eigenvalue weighted by molar-refractivity contribution is 5.34. The molecule has 0 aromatic heterocycles. The molecule has 0 bridgehead atoms. The molecule has 2 heteroatoms. The molecule has 14 heavy (non-hydrogen) atoms. The molecular formula is C12H17NO. The van der Waals surface area contributed by atoms with Crippen molar-refractivity contribution >= 4 is 0 Å². The van der Waals surface area contributed by atoms with Gasteiger partial charge in [-0.25, -0.2) is 0 Å². The minimum Gasteiger partial charge on any atom is -0.392 e. The van der Waals surface area contributed by atoms with Crippen LogP contribution in [-0.2, 0) is 6.42 Å². The molecule has 2 rings (SSSR count). The predicted molar refractivity (Wildman–Crippen MR) is 57.2 cm³/mol. The Morgan fingerprint density at radius 3 is 3.07 bits per heavy atom. The maximum absolute atomic E-state index is 9.20. The van der Waals surface area contributed by atoms with Crippen LogP contribution in [0.2, 0.25) is 0 Å². The molecule has 1 aliphatic carbocycles. The van der Waals surface area contributed by atoms with Gasteiger partial charge in [0.25, 0.3) is 0 Å². The summed E-state index contributed by atoms with van der Waals surface area (Å²) in [4.78, 5) is 0. The van der Waals surface area contributed by atoms with Crippen LogP contribution < -0.4 is 5.32 Å². The van der Waals surface area contributed by atoms with Crippen LogP contribution in [0.3, 0.4) is 0 Å². The smallest absolute Gasteiger partial charge is 0.0636 e. The average Bonchev–Trinajstić information content (AvgIpc) is 2.58. The Kier molecular flexibility index (Phi) is 2.85. The molecule has 0 spiro atoms. The van der Waals surface area contributed by atoms with Crippen molar-refractivity contribution in [2.75, 3.05) is 6.54 Å². The molecule has 0 amide bonds. The maximum Gasteiger partial charge on any atom is 0.0636 e. The number of hydrogen-bond donors (Lipinski definition) is 2. The van der Waals surface area contributed by atoms with Crippen LogP contribution in [0.4, 0.5) is 0 Å². The molecule has 0 heterocycles. The van der Waals surface area contributed by atoms with E-state index < -0.39 is 0 Å². The van der Waals surface area contributed by atoms with Crippen LogP contribution in [-0.4, -0.2) is 17.8 Å². The lowest BCUT2D eigenvalue weighted by Crippen LogP contribution is -2.27. The number of aliphatic hydroxyl groups excluding tert-OH is 1. The van der Waals surface area contributed by atoms with Crippen molar-refractivity contribution in [1.29, 1.82) is 0 Å². The predicted octanol–water partition coefficient (Wildman–Crippen LogP) is 1.64. The number of nitrogens with one attached hydrogen (secondary N) is 1. The minimum atomic E-state index is -0.261. The minimum absolute atomic E-state index is 0.261. The molecule has 2 nitrogen and oxygen atoms in total. The van der Waals surface area contributed by atoms with Gasteiger partial charge < -0.3 is 10.4 Å². The van der Waals surface area contributed by atoms with Gasteiger partial charge in [0.2, 0.25) is 0 Å². The molecule has 2 N–H and O–H groups in total. The number of rotatable bonds is 3. The van der Waals surface area contributed by atoms with Crippen molar-refractivity contribution in [2.24, 2.45) is 0 Å². The average molecular weight is 191 g/mol.